The van der Waals surface area contributed by atoms with Gasteiger partial charge < -0.3 is 10.1 Å². The molecule has 1 saturated carbocycles. The SMILES string of the molecule is COc1ccc([N+](=O)[O-])cc1C(=O)NC1CCC(C)(C)C1. The van der Waals surface area contributed by atoms with Crippen LogP contribution in [0.2, 0.25) is 0 Å². The molecule has 1 aromatic rings. The van der Waals surface area contributed by atoms with Crippen LogP contribution in [-0.4, -0.2) is 24.0 Å². The first-order valence-corrected chi connectivity index (χ1v) is 6.96. The van der Waals surface area contributed by atoms with Crippen LogP contribution in [0.15, 0.2) is 18.2 Å². The quantitative estimate of drug-likeness (QED) is 0.683. The number of ether oxygens (including phenoxy) is 1. The highest BCUT2D eigenvalue weighted by atomic mass is 16.6. The number of non-ortho nitro benzene ring substituents is 1. The molecule has 0 saturated heterocycles. The number of nitrogens with zero attached hydrogens (tertiary/aromatic N) is 1. The number of hydrogen-bond donors (Lipinski definition) is 1. The van der Waals surface area contributed by atoms with Crippen molar-refractivity contribution in [2.75, 3.05) is 7.11 Å². The van der Waals surface area contributed by atoms with E-state index in [0.29, 0.717) is 5.75 Å². The van der Waals surface area contributed by atoms with E-state index in [9.17, 15) is 14.9 Å². The average molecular weight is 292 g/mol. The molecule has 1 amide bonds. The van der Waals surface area contributed by atoms with E-state index in [-0.39, 0.29) is 28.6 Å². The van der Waals surface area contributed by atoms with E-state index < -0.39 is 4.92 Å². The first kappa shape index (κ1) is 15.3. The summed E-state index contributed by atoms with van der Waals surface area (Å²) in [4.78, 5) is 22.7. The van der Waals surface area contributed by atoms with Crippen molar-refractivity contribution in [3.63, 3.8) is 0 Å². The van der Waals surface area contributed by atoms with Gasteiger partial charge in [0.05, 0.1) is 17.6 Å². The highest BCUT2D eigenvalue weighted by Gasteiger charge is 2.32. The summed E-state index contributed by atoms with van der Waals surface area (Å²) in [5.74, 6) is 0.0219. The third-order valence-corrected chi connectivity index (χ3v) is 3.94. The summed E-state index contributed by atoms with van der Waals surface area (Å²) in [6, 6.07) is 4.14. The zero-order chi connectivity index (χ0) is 15.6. The van der Waals surface area contributed by atoms with Gasteiger partial charge in [-0.25, -0.2) is 0 Å². The van der Waals surface area contributed by atoms with Gasteiger partial charge in [0, 0.05) is 18.2 Å². The number of hydrogen-bond acceptors (Lipinski definition) is 4. The number of nitro benzene ring substituents is 1. The first-order chi connectivity index (χ1) is 9.82. The summed E-state index contributed by atoms with van der Waals surface area (Å²) in [7, 11) is 1.44. The molecule has 2 rings (SSSR count). The Balaban J connectivity index is 2.18. The maximum Gasteiger partial charge on any atom is 0.270 e. The summed E-state index contributed by atoms with van der Waals surface area (Å²) in [6.45, 7) is 4.35. The van der Waals surface area contributed by atoms with Gasteiger partial charge in [0.25, 0.3) is 11.6 Å². The van der Waals surface area contributed by atoms with Crippen molar-refractivity contribution in [3.05, 3.63) is 33.9 Å². The predicted molar refractivity (Wildman–Crippen MR) is 78.5 cm³/mol. The molecule has 0 heterocycles. The summed E-state index contributed by atoms with van der Waals surface area (Å²) in [6.07, 6.45) is 2.90. The second-order valence-electron chi connectivity index (χ2n) is 6.22. The normalized spacial score (nSPS) is 20.0. The molecule has 1 unspecified atom stereocenters. The molecule has 21 heavy (non-hydrogen) atoms. The Hall–Kier alpha value is -2.11. The molecule has 6 nitrogen and oxygen atoms in total. The number of nitro groups is 1. The number of amides is 1. The van der Waals surface area contributed by atoms with Gasteiger partial charge in [-0.05, 0) is 30.7 Å². The summed E-state index contributed by atoms with van der Waals surface area (Å²) in [5, 5.41) is 13.8. The Morgan fingerprint density at radius 3 is 2.71 bits per heavy atom. The van der Waals surface area contributed by atoms with Crippen LogP contribution in [0.25, 0.3) is 0 Å². The average Bonchev–Trinajstić information content (AvgIpc) is 2.76. The van der Waals surface area contributed by atoms with E-state index in [1.165, 1.54) is 25.3 Å². The number of methoxy groups -OCH3 is 1. The lowest BCUT2D eigenvalue weighted by Gasteiger charge is -2.18. The first-order valence-electron chi connectivity index (χ1n) is 6.96. The van der Waals surface area contributed by atoms with Gasteiger partial charge in [-0.3, -0.25) is 14.9 Å². The van der Waals surface area contributed by atoms with Crippen molar-refractivity contribution in [1.29, 1.82) is 0 Å². The van der Waals surface area contributed by atoms with Crippen LogP contribution < -0.4 is 10.1 Å². The second-order valence-corrected chi connectivity index (χ2v) is 6.22. The monoisotopic (exact) mass is 292 g/mol. The van der Waals surface area contributed by atoms with Crippen LogP contribution in [0.1, 0.15) is 43.5 Å². The lowest BCUT2D eigenvalue weighted by atomic mass is 9.92. The van der Waals surface area contributed by atoms with Crippen molar-refractivity contribution < 1.29 is 14.5 Å². The van der Waals surface area contributed by atoms with Crippen molar-refractivity contribution in [1.82, 2.24) is 5.32 Å². The zero-order valence-electron chi connectivity index (χ0n) is 12.5. The van der Waals surface area contributed by atoms with E-state index in [2.05, 4.69) is 19.2 Å². The minimum absolute atomic E-state index is 0.108. The fraction of sp³-hybridized carbons (Fsp3) is 0.533. The summed E-state index contributed by atoms with van der Waals surface area (Å²) < 4.78 is 5.12. The highest BCUT2D eigenvalue weighted by Crippen LogP contribution is 2.37. The molecule has 114 valence electrons. The third kappa shape index (κ3) is 3.51. The van der Waals surface area contributed by atoms with Gasteiger partial charge in [-0.1, -0.05) is 13.8 Å². The van der Waals surface area contributed by atoms with Gasteiger partial charge in [0.1, 0.15) is 5.75 Å². The van der Waals surface area contributed by atoms with Crippen LogP contribution in [0.3, 0.4) is 0 Å². The standard InChI is InChI=1S/C15H20N2O4/c1-15(2)7-6-10(9-15)16-14(18)12-8-11(17(19)20)4-5-13(12)21-3/h4-5,8,10H,6-7,9H2,1-3H3,(H,16,18). The lowest BCUT2D eigenvalue weighted by Crippen LogP contribution is -2.33. The Morgan fingerprint density at radius 2 is 2.19 bits per heavy atom. The smallest absolute Gasteiger partial charge is 0.270 e. The van der Waals surface area contributed by atoms with E-state index in [4.69, 9.17) is 4.74 Å². The predicted octanol–water partition coefficient (Wildman–Crippen LogP) is 2.91. The third-order valence-electron chi connectivity index (χ3n) is 3.94. The number of nitrogens with one attached hydrogen (secondary N) is 1. The molecule has 0 spiro atoms. The minimum atomic E-state index is -0.519. The Kier molecular flexibility index (Phi) is 4.16. The molecular formula is C15H20N2O4. The topological polar surface area (TPSA) is 81.5 Å². The zero-order valence-corrected chi connectivity index (χ0v) is 12.5. The molecule has 1 aliphatic carbocycles. The van der Waals surface area contributed by atoms with Crippen LogP contribution >= 0.6 is 0 Å². The second kappa shape index (κ2) is 5.71. The molecule has 0 bridgehead atoms. The van der Waals surface area contributed by atoms with Crippen LogP contribution in [0.4, 0.5) is 5.69 Å². The molecule has 6 heteroatoms. The van der Waals surface area contributed by atoms with Crippen LogP contribution in [-0.2, 0) is 0 Å². The molecular weight excluding hydrogens is 272 g/mol. The summed E-state index contributed by atoms with van der Waals surface area (Å²) in [5.41, 5.74) is 0.314. The molecule has 0 radical (unpaired) electrons. The van der Waals surface area contributed by atoms with Crippen LogP contribution in [0.5, 0.6) is 5.75 Å². The van der Waals surface area contributed by atoms with Crippen molar-refractivity contribution in [3.8, 4) is 5.75 Å². The molecule has 1 aromatic carbocycles. The summed E-state index contributed by atoms with van der Waals surface area (Å²) >= 11 is 0. The van der Waals surface area contributed by atoms with Gasteiger partial charge in [0.2, 0.25) is 0 Å². The number of rotatable bonds is 4. The number of carbonyl (C=O) groups excluding carboxylic acids is 1. The molecule has 1 atom stereocenters. The van der Waals surface area contributed by atoms with Gasteiger partial charge >= 0.3 is 0 Å². The number of carbonyl (C=O) groups is 1. The van der Waals surface area contributed by atoms with E-state index in [1.807, 2.05) is 0 Å². The Morgan fingerprint density at radius 1 is 1.48 bits per heavy atom. The molecule has 1 N–H and O–H groups in total. The van der Waals surface area contributed by atoms with E-state index >= 15 is 0 Å². The Labute approximate surface area is 123 Å². The Bertz CT molecular complexity index is 569. The molecule has 1 aliphatic rings. The fourth-order valence-corrected chi connectivity index (χ4v) is 2.81. The van der Waals surface area contributed by atoms with Crippen LogP contribution in [0, 0.1) is 15.5 Å². The van der Waals surface area contributed by atoms with Gasteiger partial charge in [0.15, 0.2) is 0 Å². The molecule has 0 aromatic heterocycles. The minimum Gasteiger partial charge on any atom is -0.496 e. The number of benzene rings is 1. The van der Waals surface area contributed by atoms with Gasteiger partial charge in [-0.15, -0.1) is 0 Å². The van der Waals surface area contributed by atoms with Crippen molar-refractivity contribution >= 4 is 11.6 Å². The molecule has 0 aliphatic heterocycles. The van der Waals surface area contributed by atoms with Gasteiger partial charge in [-0.2, -0.15) is 0 Å². The maximum atomic E-state index is 12.4. The molecule has 1 fully saturated rings. The van der Waals surface area contributed by atoms with Crippen molar-refractivity contribution in [2.24, 2.45) is 5.41 Å². The largest absolute Gasteiger partial charge is 0.496 e. The maximum absolute atomic E-state index is 12.4. The van der Waals surface area contributed by atoms with Crippen molar-refractivity contribution in [2.45, 2.75) is 39.2 Å². The highest BCUT2D eigenvalue weighted by molar-refractivity contribution is 5.97. The lowest BCUT2D eigenvalue weighted by molar-refractivity contribution is -0.384. The van der Waals surface area contributed by atoms with E-state index in [1.54, 1.807) is 0 Å². The van der Waals surface area contributed by atoms with E-state index in [0.717, 1.165) is 19.3 Å². The fourth-order valence-electron chi connectivity index (χ4n) is 2.81.